The molecule has 4 rings (SSSR count). The number of fused-ring (bicyclic) bond motifs is 1. The summed E-state index contributed by atoms with van der Waals surface area (Å²) in [6, 6.07) is 11.7. The molecular weight excluding hydrogens is 404 g/mol. The van der Waals surface area contributed by atoms with Crippen LogP contribution in [0.15, 0.2) is 64.0 Å². The second-order valence-electron chi connectivity index (χ2n) is 6.61. The Morgan fingerprint density at radius 2 is 2.10 bits per heavy atom. The van der Waals surface area contributed by atoms with Crippen LogP contribution in [0.2, 0.25) is 0 Å². The second kappa shape index (κ2) is 8.08. The molecule has 2 heterocycles. The van der Waals surface area contributed by atoms with Crippen LogP contribution in [0.4, 0.5) is 5.69 Å². The van der Waals surface area contributed by atoms with E-state index in [0.717, 1.165) is 16.9 Å². The Hall–Kier alpha value is -3.52. The lowest BCUT2D eigenvalue weighted by atomic mass is 10.1. The fourth-order valence-corrected chi connectivity index (χ4v) is 4.21. The van der Waals surface area contributed by atoms with E-state index in [-0.39, 0.29) is 17.2 Å². The third kappa shape index (κ3) is 3.81. The number of rotatable bonds is 4. The van der Waals surface area contributed by atoms with Crippen molar-refractivity contribution in [2.45, 2.75) is 6.92 Å². The van der Waals surface area contributed by atoms with Crippen LogP contribution < -0.4 is 4.74 Å². The highest BCUT2D eigenvalue weighted by atomic mass is 32.2. The van der Waals surface area contributed by atoms with Crippen molar-refractivity contribution in [3.8, 4) is 11.5 Å². The molecular formula is C22H18N2O5S. The van der Waals surface area contributed by atoms with Gasteiger partial charge in [0.2, 0.25) is 0 Å². The molecule has 1 fully saturated rings. The lowest BCUT2D eigenvalue weighted by Gasteiger charge is -2.16. The van der Waals surface area contributed by atoms with Crippen LogP contribution in [0.25, 0.3) is 6.08 Å². The average molecular weight is 422 g/mol. The number of amidine groups is 1. The number of amides is 1. The lowest BCUT2D eigenvalue weighted by molar-refractivity contribution is -0.122. The van der Waals surface area contributed by atoms with Crippen molar-refractivity contribution in [2.24, 2.45) is 4.99 Å². The van der Waals surface area contributed by atoms with Gasteiger partial charge in [-0.3, -0.25) is 9.69 Å². The van der Waals surface area contributed by atoms with Crippen molar-refractivity contribution in [3.05, 3.63) is 70.1 Å². The molecule has 0 aromatic heterocycles. The molecule has 0 radical (unpaired) electrons. The van der Waals surface area contributed by atoms with Gasteiger partial charge >= 0.3 is 5.97 Å². The van der Waals surface area contributed by atoms with E-state index in [4.69, 9.17) is 9.84 Å². The number of carbonyl (C=O) groups is 2. The van der Waals surface area contributed by atoms with Gasteiger partial charge in [0, 0.05) is 18.2 Å². The number of ether oxygens (including phenoxy) is 1. The number of carbonyl (C=O) groups excluding carboxylic acids is 1. The van der Waals surface area contributed by atoms with Gasteiger partial charge in [0.25, 0.3) is 5.91 Å². The summed E-state index contributed by atoms with van der Waals surface area (Å²) in [6.07, 6.45) is 3.80. The number of thioether (sulfide) groups is 1. The fourth-order valence-electron chi connectivity index (χ4n) is 3.14. The number of aromatic carboxylic acids is 1. The summed E-state index contributed by atoms with van der Waals surface area (Å²) >= 11 is 1.23. The smallest absolute Gasteiger partial charge is 0.339 e. The summed E-state index contributed by atoms with van der Waals surface area (Å²) in [4.78, 5) is 30.4. The largest absolute Gasteiger partial charge is 0.507 e. The molecule has 30 heavy (non-hydrogen) atoms. The molecule has 0 spiro atoms. The Balaban J connectivity index is 1.63. The Bertz CT molecular complexity index is 1140. The molecule has 2 aromatic rings. The molecule has 0 atom stereocenters. The average Bonchev–Trinajstić information content (AvgIpc) is 3.01. The van der Waals surface area contributed by atoms with Crippen molar-refractivity contribution in [2.75, 3.05) is 13.2 Å². The Labute approximate surface area is 177 Å². The van der Waals surface area contributed by atoms with Crippen LogP contribution in [0.3, 0.4) is 0 Å². The highest BCUT2D eigenvalue weighted by Gasteiger charge is 2.32. The lowest BCUT2D eigenvalue weighted by Crippen LogP contribution is -2.28. The molecule has 7 nitrogen and oxygen atoms in total. The minimum atomic E-state index is -1.22. The van der Waals surface area contributed by atoms with E-state index in [0.29, 0.717) is 28.9 Å². The van der Waals surface area contributed by atoms with Crippen LogP contribution >= 0.6 is 11.8 Å². The SMILES string of the molecule is CCN1C(=O)/C(=C/C2=Cc3ccccc3OC2)SC1=Nc1ccc(C(=O)O)c(O)c1. The number of nitrogens with zero attached hydrogens (tertiary/aromatic N) is 2. The predicted octanol–water partition coefficient (Wildman–Crippen LogP) is 4.03. The van der Waals surface area contributed by atoms with Gasteiger partial charge in [-0.2, -0.15) is 0 Å². The summed E-state index contributed by atoms with van der Waals surface area (Å²) in [7, 11) is 0. The van der Waals surface area contributed by atoms with E-state index in [9.17, 15) is 14.7 Å². The zero-order valence-electron chi connectivity index (χ0n) is 16.0. The third-order valence-corrected chi connectivity index (χ3v) is 5.62. The summed E-state index contributed by atoms with van der Waals surface area (Å²) in [6.45, 7) is 2.65. The number of benzene rings is 2. The van der Waals surface area contributed by atoms with Crippen LogP contribution in [0.5, 0.6) is 11.5 Å². The molecule has 152 valence electrons. The zero-order chi connectivity index (χ0) is 21.3. The van der Waals surface area contributed by atoms with Crippen LogP contribution in [-0.4, -0.2) is 45.3 Å². The van der Waals surface area contributed by atoms with Gasteiger partial charge in [-0.15, -0.1) is 0 Å². The highest BCUT2D eigenvalue weighted by Crippen LogP contribution is 2.35. The number of phenols is 1. The summed E-state index contributed by atoms with van der Waals surface area (Å²) in [5.41, 5.74) is 2.00. The first kappa shape index (κ1) is 19.8. The molecule has 2 aromatic carbocycles. The standard InChI is InChI=1S/C22H18N2O5S/c1-2-24-20(26)19(10-13-9-14-5-3-4-6-18(14)29-12-13)30-22(24)23-15-7-8-16(21(27)28)17(25)11-15/h3-11,25H,2,12H2,1H3,(H,27,28)/b19-10-,23-22?. The minimum Gasteiger partial charge on any atom is -0.507 e. The van der Waals surface area contributed by atoms with Crippen molar-refractivity contribution in [1.29, 1.82) is 0 Å². The normalized spacial score (nSPS) is 18.4. The molecule has 0 saturated carbocycles. The quantitative estimate of drug-likeness (QED) is 0.722. The summed E-state index contributed by atoms with van der Waals surface area (Å²) in [5, 5.41) is 19.4. The number of aromatic hydroxyl groups is 1. The monoisotopic (exact) mass is 422 g/mol. The molecule has 0 unspecified atom stereocenters. The van der Waals surface area contributed by atoms with E-state index in [1.807, 2.05) is 37.3 Å². The van der Waals surface area contributed by atoms with Crippen molar-refractivity contribution < 1.29 is 24.5 Å². The summed E-state index contributed by atoms with van der Waals surface area (Å²) < 4.78 is 5.75. The van der Waals surface area contributed by atoms with Gasteiger partial charge in [-0.1, -0.05) is 18.2 Å². The van der Waals surface area contributed by atoms with Crippen LogP contribution in [0.1, 0.15) is 22.8 Å². The molecule has 2 aliphatic heterocycles. The molecule has 1 saturated heterocycles. The molecule has 0 aliphatic carbocycles. The van der Waals surface area contributed by atoms with Crippen LogP contribution in [0, 0.1) is 0 Å². The maximum absolute atomic E-state index is 12.8. The first-order valence-electron chi connectivity index (χ1n) is 9.25. The maximum Gasteiger partial charge on any atom is 0.339 e. The van der Waals surface area contributed by atoms with E-state index < -0.39 is 5.97 Å². The number of para-hydroxylation sites is 1. The number of hydrogen-bond donors (Lipinski definition) is 2. The van der Waals surface area contributed by atoms with Crippen molar-refractivity contribution in [3.63, 3.8) is 0 Å². The Morgan fingerprint density at radius 1 is 1.30 bits per heavy atom. The van der Waals surface area contributed by atoms with Gasteiger partial charge < -0.3 is 14.9 Å². The molecule has 1 amide bonds. The number of hydrogen-bond acceptors (Lipinski definition) is 6. The number of likely N-dealkylation sites (N-methyl/N-ethyl adjacent to an activating group) is 1. The number of carboxylic acid groups (broad SMARTS) is 1. The van der Waals surface area contributed by atoms with Gasteiger partial charge in [0.1, 0.15) is 23.7 Å². The zero-order valence-corrected chi connectivity index (χ0v) is 16.8. The Morgan fingerprint density at radius 3 is 2.83 bits per heavy atom. The summed E-state index contributed by atoms with van der Waals surface area (Å²) in [5.74, 6) is -0.942. The topological polar surface area (TPSA) is 99.4 Å². The molecule has 0 bridgehead atoms. The van der Waals surface area contributed by atoms with Gasteiger partial charge in [0.05, 0.1) is 10.6 Å². The van der Waals surface area contributed by atoms with Crippen molar-refractivity contribution >= 4 is 40.6 Å². The predicted molar refractivity (Wildman–Crippen MR) is 115 cm³/mol. The molecule has 2 aliphatic rings. The maximum atomic E-state index is 12.8. The highest BCUT2D eigenvalue weighted by molar-refractivity contribution is 8.18. The van der Waals surface area contributed by atoms with Gasteiger partial charge in [-0.25, -0.2) is 9.79 Å². The van der Waals surface area contributed by atoms with E-state index in [1.165, 1.54) is 34.9 Å². The van der Waals surface area contributed by atoms with E-state index >= 15 is 0 Å². The fraction of sp³-hybridized carbons (Fsp3) is 0.136. The van der Waals surface area contributed by atoms with E-state index in [1.54, 1.807) is 6.08 Å². The Kier molecular flexibility index (Phi) is 5.33. The first-order chi connectivity index (χ1) is 14.5. The minimum absolute atomic E-state index is 0.160. The molecule has 2 N–H and O–H groups in total. The first-order valence-corrected chi connectivity index (χ1v) is 10.1. The number of aliphatic imine (C=N–C) groups is 1. The molecule has 8 heteroatoms. The number of carboxylic acids is 1. The van der Waals surface area contributed by atoms with Crippen LogP contribution in [-0.2, 0) is 4.79 Å². The van der Waals surface area contributed by atoms with Gasteiger partial charge in [0.15, 0.2) is 5.17 Å². The second-order valence-corrected chi connectivity index (χ2v) is 7.62. The third-order valence-electron chi connectivity index (χ3n) is 4.61. The van der Waals surface area contributed by atoms with Gasteiger partial charge in [-0.05, 0) is 54.6 Å². The van der Waals surface area contributed by atoms with Crippen molar-refractivity contribution in [1.82, 2.24) is 4.90 Å². The van der Waals surface area contributed by atoms with E-state index in [2.05, 4.69) is 4.99 Å².